The van der Waals surface area contributed by atoms with Gasteiger partial charge in [-0.3, -0.25) is 4.79 Å². The Hall–Kier alpha value is -3.11. The van der Waals surface area contributed by atoms with E-state index in [9.17, 15) is 18.0 Å². The van der Waals surface area contributed by atoms with E-state index in [0.717, 1.165) is 17.8 Å². The Bertz CT molecular complexity index is 975. The monoisotopic (exact) mass is 417 g/mol. The second-order valence-electron chi connectivity index (χ2n) is 6.64. The predicted molar refractivity (Wildman–Crippen MR) is 110 cm³/mol. The molecule has 0 aliphatic carbocycles. The van der Waals surface area contributed by atoms with E-state index in [-0.39, 0.29) is 16.8 Å². The average Bonchev–Trinajstić information content (AvgIpc) is 2.68. The lowest BCUT2D eigenvalue weighted by Crippen LogP contribution is -2.47. The zero-order valence-electron chi connectivity index (χ0n) is 15.7. The van der Waals surface area contributed by atoms with Crippen LogP contribution in [0.15, 0.2) is 53.4 Å². The first-order valence-corrected chi connectivity index (χ1v) is 10.6. The summed E-state index contributed by atoms with van der Waals surface area (Å²) in [4.78, 5) is 25.5. The van der Waals surface area contributed by atoms with Gasteiger partial charge in [0, 0.05) is 31.0 Å². The number of rotatable bonds is 6. The molecule has 29 heavy (non-hydrogen) atoms. The van der Waals surface area contributed by atoms with Crippen molar-refractivity contribution in [1.82, 2.24) is 10.6 Å². The molecule has 1 heterocycles. The lowest BCUT2D eigenvalue weighted by atomic mass is 10.1. The number of hydrogen-bond donors (Lipinski definition) is 4. The van der Waals surface area contributed by atoms with Crippen molar-refractivity contribution in [3.63, 3.8) is 0 Å². The van der Waals surface area contributed by atoms with E-state index < -0.39 is 10.0 Å². The smallest absolute Gasteiger partial charge is 0.319 e. The maximum Gasteiger partial charge on any atom is 0.319 e. The van der Waals surface area contributed by atoms with Crippen LogP contribution in [0.5, 0.6) is 0 Å². The van der Waals surface area contributed by atoms with Crippen LogP contribution in [0.1, 0.15) is 5.56 Å². The summed E-state index contributed by atoms with van der Waals surface area (Å²) in [7, 11) is -3.70. The van der Waals surface area contributed by atoms with Gasteiger partial charge in [-0.15, -0.1) is 0 Å². The number of carbonyl (C=O) groups is 2. The molecule has 10 heteroatoms. The number of benzene rings is 2. The van der Waals surface area contributed by atoms with Gasteiger partial charge in [-0.2, -0.15) is 0 Å². The molecule has 0 bridgehead atoms. The molecule has 1 saturated heterocycles. The summed E-state index contributed by atoms with van der Waals surface area (Å²) in [5.41, 5.74) is 2.45. The highest BCUT2D eigenvalue weighted by molar-refractivity contribution is 7.89. The SMILES string of the molecule is NS(=O)(=O)c1ccc(CCNC(=O)Nc2ccc(N3CCNC(=O)C3)cc2)cc1. The van der Waals surface area contributed by atoms with Crippen molar-refractivity contribution in [3.05, 3.63) is 54.1 Å². The molecule has 0 aromatic heterocycles. The summed E-state index contributed by atoms with van der Waals surface area (Å²) in [6, 6.07) is 13.2. The third-order valence-corrected chi connectivity index (χ3v) is 5.41. The Morgan fingerprint density at radius 2 is 1.79 bits per heavy atom. The van der Waals surface area contributed by atoms with Gasteiger partial charge in [0.2, 0.25) is 15.9 Å². The van der Waals surface area contributed by atoms with Gasteiger partial charge in [0.25, 0.3) is 0 Å². The molecule has 0 atom stereocenters. The fourth-order valence-electron chi connectivity index (χ4n) is 2.96. The second-order valence-corrected chi connectivity index (χ2v) is 8.20. The van der Waals surface area contributed by atoms with Gasteiger partial charge in [-0.25, -0.2) is 18.4 Å². The number of nitrogens with zero attached hydrogens (tertiary/aromatic N) is 1. The number of nitrogens with one attached hydrogen (secondary N) is 3. The summed E-state index contributed by atoms with van der Waals surface area (Å²) in [6.07, 6.45) is 0.550. The van der Waals surface area contributed by atoms with Crippen LogP contribution in [0.25, 0.3) is 0 Å². The minimum absolute atomic E-state index is 0.00267. The van der Waals surface area contributed by atoms with Gasteiger partial charge in [-0.05, 0) is 48.4 Å². The molecule has 1 aliphatic rings. The van der Waals surface area contributed by atoms with Crippen molar-refractivity contribution < 1.29 is 18.0 Å². The van der Waals surface area contributed by atoms with Gasteiger partial charge in [-0.1, -0.05) is 12.1 Å². The van der Waals surface area contributed by atoms with Crippen LogP contribution in [0.2, 0.25) is 0 Å². The molecule has 5 N–H and O–H groups in total. The molecule has 2 aromatic rings. The van der Waals surface area contributed by atoms with E-state index in [4.69, 9.17) is 5.14 Å². The Morgan fingerprint density at radius 3 is 2.41 bits per heavy atom. The van der Waals surface area contributed by atoms with E-state index in [2.05, 4.69) is 16.0 Å². The van der Waals surface area contributed by atoms with Crippen molar-refractivity contribution in [2.45, 2.75) is 11.3 Å². The summed E-state index contributed by atoms with van der Waals surface area (Å²) in [5, 5.41) is 13.4. The van der Waals surface area contributed by atoms with Crippen molar-refractivity contribution in [1.29, 1.82) is 0 Å². The van der Waals surface area contributed by atoms with E-state index in [1.54, 1.807) is 24.3 Å². The zero-order valence-corrected chi connectivity index (χ0v) is 16.5. The quantitative estimate of drug-likeness (QED) is 0.547. The molecule has 0 saturated carbocycles. The Balaban J connectivity index is 1.45. The zero-order chi connectivity index (χ0) is 20.9. The van der Waals surface area contributed by atoms with E-state index >= 15 is 0 Å². The Labute approximate surface area is 169 Å². The largest absolute Gasteiger partial charge is 0.360 e. The molecule has 1 aliphatic heterocycles. The first-order valence-electron chi connectivity index (χ1n) is 9.09. The number of piperazine rings is 1. The molecule has 3 amide bonds. The maximum atomic E-state index is 12.0. The van der Waals surface area contributed by atoms with Crippen LogP contribution in [0, 0.1) is 0 Å². The minimum Gasteiger partial charge on any atom is -0.360 e. The lowest BCUT2D eigenvalue weighted by Gasteiger charge is -2.28. The van der Waals surface area contributed by atoms with Crippen LogP contribution in [-0.4, -0.2) is 46.5 Å². The predicted octanol–water partition coefficient (Wildman–Crippen LogP) is 0.634. The molecule has 0 radical (unpaired) electrons. The third-order valence-electron chi connectivity index (χ3n) is 4.48. The van der Waals surface area contributed by atoms with Gasteiger partial charge >= 0.3 is 6.03 Å². The Kier molecular flexibility index (Phi) is 6.35. The molecule has 1 fully saturated rings. The van der Waals surface area contributed by atoms with Crippen LogP contribution in [0.4, 0.5) is 16.2 Å². The van der Waals surface area contributed by atoms with Crippen LogP contribution in [0.3, 0.4) is 0 Å². The molecule has 9 nitrogen and oxygen atoms in total. The highest BCUT2D eigenvalue weighted by Gasteiger charge is 2.16. The van der Waals surface area contributed by atoms with Crippen molar-refractivity contribution in [2.75, 3.05) is 36.4 Å². The fourth-order valence-corrected chi connectivity index (χ4v) is 3.47. The summed E-state index contributed by atoms with van der Waals surface area (Å²) < 4.78 is 22.5. The highest BCUT2D eigenvalue weighted by Crippen LogP contribution is 2.18. The lowest BCUT2D eigenvalue weighted by molar-refractivity contribution is -0.120. The number of anilines is 2. The molecule has 3 rings (SSSR count). The maximum absolute atomic E-state index is 12.0. The van der Waals surface area contributed by atoms with Gasteiger partial charge in [0.05, 0.1) is 11.4 Å². The fraction of sp³-hybridized carbons (Fsp3) is 0.263. The average molecular weight is 417 g/mol. The molecule has 2 aromatic carbocycles. The van der Waals surface area contributed by atoms with Gasteiger partial charge in [0.15, 0.2) is 0 Å². The normalized spacial score (nSPS) is 14.2. The second kappa shape index (κ2) is 8.93. The number of amides is 3. The molecular formula is C19H23N5O4S. The molecule has 154 valence electrons. The summed E-state index contributed by atoms with van der Waals surface area (Å²) >= 11 is 0. The number of sulfonamides is 1. The highest BCUT2D eigenvalue weighted by atomic mass is 32.2. The summed E-state index contributed by atoms with van der Waals surface area (Å²) in [6.45, 7) is 2.08. The number of primary sulfonamides is 1. The third kappa shape index (κ3) is 5.93. The minimum atomic E-state index is -3.70. The molecular weight excluding hydrogens is 394 g/mol. The number of nitrogens with two attached hydrogens (primary N) is 1. The molecule has 0 unspecified atom stereocenters. The van der Waals surface area contributed by atoms with E-state index in [0.29, 0.717) is 31.7 Å². The number of hydrogen-bond acceptors (Lipinski definition) is 5. The topological polar surface area (TPSA) is 134 Å². The van der Waals surface area contributed by atoms with E-state index in [1.165, 1.54) is 12.1 Å². The van der Waals surface area contributed by atoms with Crippen molar-refractivity contribution in [2.24, 2.45) is 5.14 Å². The summed E-state index contributed by atoms with van der Waals surface area (Å²) in [5.74, 6) is -0.00267. The van der Waals surface area contributed by atoms with Crippen molar-refractivity contribution >= 4 is 33.3 Å². The van der Waals surface area contributed by atoms with Crippen LogP contribution >= 0.6 is 0 Å². The first kappa shape index (κ1) is 20.6. The first-order chi connectivity index (χ1) is 13.8. The van der Waals surface area contributed by atoms with Gasteiger partial charge in [0.1, 0.15) is 0 Å². The van der Waals surface area contributed by atoms with Crippen LogP contribution < -0.4 is 26.0 Å². The number of urea groups is 1. The molecule has 0 spiro atoms. The number of carbonyl (C=O) groups excluding carboxylic acids is 2. The van der Waals surface area contributed by atoms with Gasteiger partial charge < -0.3 is 20.9 Å². The Morgan fingerprint density at radius 1 is 1.10 bits per heavy atom. The van der Waals surface area contributed by atoms with Crippen molar-refractivity contribution in [3.8, 4) is 0 Å². The standard InChI is InChI=1S/C19H23N5O4S/c20-29(27,28)17-7-1-14(2-8-17)9-10-22-19(26)23-15-3-5-16(6-4-15)24-12-11-21-18(25)13-24/h1-8H,9-13H2,(H,21,25)(H2,20,27,28)(H2,22,23,26). The van der Waals surface area contributed by atoms with Crippen LogP contribution in [-0.2, 0) is 21.2 Å². The van der Waals surface area contributed by atoms with E-state index in [1.807, 2.05) is 17.0 Å².